The van der Waals surface area contributed by atoms with E-state index in [9.17, 15) is 4.39 Å². The fourth-order valence-corrected chi connectivity index (χ4v) is 2.52. The number of halogens is 2. The summed E-state index contributed by atoms with van der Waals surface area (Å²) in [5.74, 6) is 0.283. The number of hydrogen-bond donors (Lipinski definition) is 0. The zero-order valence-corrected chi connectivity index (χ0v) is 10.3. The maximum atomic E-state index is 13.0. The molecule has 0 unspecified atom stereocenters. The van der Waals surface area contributed by atoms with E-state index in [4.69, 9.17) is 11.6 Å². The molecule has 1 aromatic carbocycles. The van der Waals surface area contributed by atoms with Crippen molar-refractivity contribution >= 4 is 27.9 Å². The van der Waals surface area contributed by atoms with E-state index < -0.39 is 5.82 Å². The van der Waals surface area contributed by atoms with E-state index in [1.54, 1.807) is 16.6 Å². The summed E-state index contributed by atoms with van der Waals surface area (Å²) in [7, 11) is 0. The second-order valence-corrected chi connectivity index (χ2v) is 4.84. The van der Waals surface area contributed by atoms with Gasteiger partial charge in [0.25, 0.3) is 0 Å². The molecule has 4 nitrogen and oxygen atoms in total. The lowest BCUT2D eigenvalue weighted by molar-refractivity contribution is 0.628. The highest BCUT2D eigenvalue weighted by atomic mass is 35.5. The van der Waals surface area contributed by atoms with Gasteiger partial charge in [0.1, 0.15) is 10.8 Å². The van der Waals surface area contributed by atoms with Crippen molar-refractivity contribution in [2.45, 2.75) is 6.92 Å². The van der Waals surface area contributed by atoms with Gasteiger partial charge in [0.15, 0.2) is 5.82 Å². The molecule has 0 saturated carbocycles. The van der Waals surface area contributed by atoms with Crippen molar-refractivity contribution in [1.29, 1.82) is 0 Å². The number of rotatable bonds is 1. The van der Waals surface area contributed by atoms with Crippen LogP contribution in [0.1, 0.15) is 5.82 Å². The van der Waals surface area contributed by atoms with Crippen LogP contribution in [0, 0.1) is 12.7 Å². The minimum absolute atomic E-state index is 0.0881. The van der Waals surface area contributed by atoms with Gasteiger partial charge in [0, 0.05) is 5.56 Å². The summed E-state index contributed by atoms with van der Waals surface area (Å²) in [6.45, 7) is 1.82. The zero-order chi connectivity index (χ0) is 12.0. The van der Waals surface area contributed by atoms with Crippen molar-refractivity contribution in [3.05, 3.63) is 34.9 Å². The van der Waals surface area contributed by atoms with E-state index >= 15 is 0 Å². The highest BCUT2D eigenvalue weighted by Gasteiger charge is 2.11. The Kier molecular flexibility index (Phi) is 2.34. The average molecular weight is 269 g/mol. The summed E-state index contributed by atoms with van der Waals surface area (Å²) in [5, 5.41) is 13.0. The summed E-state index contributed by atoms with van der Waals surface area (Å²) in [6, 6.07) is 4.52. The van der Waals surface area contributed by atoms with Crippen LogP contribution in [0.5, 0.6) is 0 Å². The van der Waals surface area contributed by atoms with E-state index in [-0.39, 0.29) is 5.02 Å². The lowest BCUT2D eigenvalue weighted by atomic mass is 10.2. The van der Waals surface area contributed by atoms with Gasteiger partial charge in [-0.1, -0.05) is 22.9 Å². The Balaban J connectivity index is 2.16. The van der Waals surface area contributed by atoms with Gasteiger partial charge in [0.05, 0.1) is 5.02 Å². The maximum Gasteiger partial charge on any atom is 0.234 e. The maximum absolute atomic E-state index is 13.0. The number of benzene rings is 1. The third-order valence-corrected chi connectivity index (χ3v) is 3.55. The van der Waals surface area contributed by atoms with E-state index in [0.29, 0.717) is 4.96 Å². The molecule has 86 valence electrons. The van der Waals surface area contributed by atoms with Gasteiger partial charge in [-0.25, -0.2) is 4.39 Å². The average Bonchev–Trinajstić information content (AvgIpc) is 2.86. The first-order chi connectivity index (χ1) is 8.15. The standard InChI is InChI=1S/C10H6ClFN4S/c1-5-13-14-10-16(5)15-9(17-10)6-2-3-8(12)7(11)4-6/h2-4H,1H3. The van der Waals surface area contributed by atoms with Crippen LogP contribution in [0.4, 0.5) is 4.39 Å². The molecule has 0 bridgehead atoms. The first-order valence-corrected chi connectivity index (χ1v) is 5.99. The van der Waals surface area contributed by atoms with Crippen molar-refractivity contribution in [3.63, 3.8) is 0 Å². The molecule has 3 rings (SSSR count). The van der Waals surface area contributed by atoms with Gasteiger partial charge in [-0.05, 0) is 25.1 Å². The van der Waals surface area contributed by atoms with Crippen molar-refractivity contribution in [1.82, 2.24) is 19.8 Å². The van der Waals surface area contributed by atoms with Crippen molar-refractivity contribution < 1.29 is 4.39 Å². The Hall–Kier alpha value is -1.53. The van der Waals surface area contributed by atoms with E-state index in [2.05, 4.69) is 15.3 Å². The van der Waals surface area contributed by atoms with Crippen LogP contribution in [-0.2, 0) is 0 Å². The minimum Gasteiger partial charge on any atom is -0.205 e. The highest BCUT2D eigenvalue weighted by molar-refractivity contribution is 7.19. The van der Waals surface area contributed by atoms with Gasteiger partial charge in [-0.3, -0.25) is 0 Å². The minimum atomic E-state index is -0.436. The number of hydrogen-bond acceptors (Lipinski definition) is 4. The number of nitrogens with zero attached hydrogens (tertiary/aromatic N) is 4. The van der Waals surface area contributed by atoms with Crippen molar-refractivity contribution in [3.8, 4) is 10.6 Å². The molecule has 0 amide bonds. The largest absolute Gasteiger partial charge is 0.234 e. The molecule has 0 fully saturated rings. The zero-order valence-electron chi connectivity index (χ0n) is 8.69. The first-order valence-electron chi connectivity index (χ1n) is 4.79. The smallest absolute Gasteiger partial charge is 0.205 e. The lowest BCUT2D eigenvalue weighted by Gasteiger charge is -1.97. The van der Waals surface area contributed by atoms with Crippen LogP contribution in [0.15, 0.2) is 18.2 Å². The molecule has 7 heteroatoms. The summed E-state index contributed by atoms with van der Waals surface area (Å²) >= 11 is 7.12. The Labute approximate surface area is 105 Å². The van der Waals surface area contributed by atoms with Crippen LogP contribution < -0.4 is 0 Å². The second-order valence-electron chi connectivity index (χ2n) is 3.48. The molecule has 0 aliphatic rings. The Morgan fingerprint density at radius 1 is 1.35 bits per heavy atom. The predicted octanol–water partition coefficient (Wildman–Crippen LogP) is 2.95. The third-order valence-electron chi connectivity index (χ3n) is 2.31. The van der Waals surface area contributed by atoms with Crippen LogP contribution in [-0.4, -0.2) is 19.8 Å². The van der Waals surface area contributed by atoms with Crippen LogP contribution in [0.2, 0.25) is 5.02 Å². The quantitative estimate of drug-likeness (QED) is 0.681. The summed E-state index contributed by atoms with van der Waals surface area (Å²) in [4.78, 5) is 0.706. The number of fused-ring (bicyclic) bond motifs is 1. The molecule has 0 atom stereocenters. The molecule has 17 heavy (non-hydrogen) atoms. The van der Waals surface area contributed by atoms with Crippen LogP contribution >= 0.6 is 22.9 Å². The molecule has 0 saturated heterocycles. The SMILES string of the molecule is Cc1nnc2sc(-c3ccc(F)c(Cl)c3)nn12. The Bertz CT molecular complexity index is 705. The number of aryl methyl sites for hydroxylation is 1. The molecule has 2 heterocycles. The molecule has 0 spiro atoms. The molecule has 3 aromatic rings. The van der Waals surface area contributed by atoms with Crippen LogP contribution in [0.3, 0.4) is 0 Å². The monoisotopic (exact) mass is 268 g/mol. The Morgan fingerprint density at radius 2 is 2.18 bits per heavy atom. The summed E-state index contributed by atoms with van der Waals surface area (Å²) < 4.78 is 14.7. The molecular formula is C10H6ClFN4S. The molecule has 0 aliphatic heterocycles. The topological polar surface area (TPSA) is 43.1 Å². The fourth-order valence-electron chi connectivity index (χ4n) is 1.46. The predicted molar refractivity (Wildman–Crippen MR) is 63.8 cm³/mol. The van der Waals surface area contributed by atoms with Gasteiger partial charge < -0.3 is 0 Å². The number of aromatic nitrogens is 4. The Morgan fingerprint density at radius 3 is 2.88 bits per heavy atom. The van der Waals surface area contributed by atoms with Gasteiger partial charge in [0.2, 0.25) is 4.96 Å². The van der Waals surface area contributed by atoms with E-state index in [1.807, 2.05) is 6.92 Å². The van der Waals surface area contributed by atoms with E-state index in [1.165, 1.54) is 17.4 Å². The molecule has 0 N–H and O–H groups in total. The molecule has 0 radical (unpaired) electrons. The molecular weight excluding hydrogens is 263 g/mol. The molecule has 0 aliphatic carbocycles. The van der Waals surface area contributed by atoms with Gasteiger partial charge >= 0.3 is 0 Å². The van der Waals surface area contributed by atoms with E-state index in [0.717, 1.165) is 16.4 Å². The first kappa shape index (κ1) is 10.6. The van der Waals surface area contributed by atoms with Crippen LogP contribution in [0.25, 0.3) is 15.5 Å². The fraction of sp³-hybridized carbons (Fsp3) is 0.100. The second kappa shape index (κ2) is 3.75. The lowest BCUT2D eigenvalue weighted by Crippen LogP contribution is -1.88. The van der Waals surface area contributed by atoms with Crippen molar-refractivity contribution in [2.75, 3.05) is 0 Å². The normalized spacial score (nSPS) is 11.2. The summed E-state index contributed by atoms with van der Waals surface area (Å²) in [5.41, 5.74) is 0.770. The summed E-state index contributed by atoms with van der Waals surface area (Å²) in [6.07, 6.45) is 0. The third kappa shape index (κ3) is 1.69. The molecule has 2 aromatic heterocycles. The van der Waals surface area contributed by atoms with Gasteiger partial charge in [-0.2, -0.15) is 9.61 Å². The highest BCUT2D eigenvalue weighted by Crippen LogP contribution is 2.28. The van der Waals surface area contributed by atoms with Crippen molar-refractivity contribution in [2.24, 2.45) is 0 Å². The van der Waals surface area contributed by atoms with Gasteiger partial charge in [-0.15, -0.1) is 10.2 Å².